The van der Waals surface area contributed by atoms with Crippen molar-refractivity contribution in [1.82, 2.24) is 10.3 Å². The highest BCUT2D eigenvalue weighted by Gasteiger charge is 2.21. The second kappa shape index (κ2) is 5.46. The van der Waals surface area contributed by atoms with E-state index in [4.69, 9.17) is 5.73 Å². The van der Waals surface area contributed by atoms with Crippen LogP contribution in [0, 0.1) is 11.8 Å². The number of carbonyl (C=O) groups excluding carboxylic acids is 1. The highest BCUT2D eigenvalue weighted by atomic mass is 16.1. The molecule has 0 unspecified atom stereocenters. The van der Waals surface area contributed by atoms with E-state index in [0.717, 1.165) is 12.8 Å². The first-order valence-electron chi connectivity index (χ1n) is 5.76. The molecule has 1 aliphatic rings. The first kappa shape index (κ1) is 11.6. The third-order valence-corrected chi connectivity index (χ3v) is 2.79. The zero-order valence-electron chi connectivity index (χ0n) is 9.57. The number of nitrogens with zero attached hydrogens (tertiary/aromatic N) is 1. The molecular weight excluding hydrogens is 214 g/mol. The maximum Gasteiger partial charge on any atom is 0.271 e. The molecule has 1 amide bonds. The van der Waals surface area contributed by atoms with Gasteiger partial charge in [0.25, 0.3) is 5.91 Å². The number of pyridine rings is 1. The summed E-state index contributed by atoms with van der Waals surface area (Å²) >= 11 is 0. The number of rotatable bonds is 2. The molecule has 17 heavy (non-hydrogen) atoms. The molecule has 1 aromatic heterocycles. The lowest BCUT2D eigenvalue weighted by Gasteiger charge is -2.26. The minimum atomic E-state index is -0.142. The number of nitrogens with two attached hydrogens (primary N) is 1. The normalized spacial score (nSPS) is 14.4. The molecule has 0 saturated heterocycles. The Hall–Kier alpha value is -1.86. The number of hydrogen-bond donors (Lipinski definition) is 2. The Morgan fingerprint density at radius 3 is 3.06 bits per heavy atom. The van der Waals surface area contributed by atoms with Crippen LogP contribution in [0.25, 0.3) is 0 Å². The maximum absolute atomic E-state index is 12.0. The molecule has 1 saturated carbocycles. The van der Waals surface area contributed by atoms with Gasteiger partial charge in [0.1, 0.15) is 5.69 Å². The van der Waals surface area contributed by atoms with E-state index in [-0.39, 0.29) is 12.5 Å². The van der Waals surface area contributed by atoms with Crippen LogP contribution in [0.5, 0.6) is 0 Å². The fourth-order valence-electron chi connectivity index (χ4n) is 1.64. The highest BCUT2D eigenvalue weighted by molar-refractivity contribution is 5.94. The minimum Gasteiger partial charge on any atom is -0.348 e. The molecule has 4 heteroatoms. The molecule has 0 atom stereocenters. The molecule has 3 N–H and O–H groups in total. The molecular formula is C13H15N3O. The van der Waals surface area contributed by atoms with Gasteiger partial charge in [-0.3, -0.25) is 4.79 Å². The van der Waals surface area contributed by atoms with Crippen LogP contribution in [0.3, 0.4) is 0 Å². The van der Waals surface area contributed by atoms with Crippen molar-refractivity contribution in [3.63, 3.8) is 0 Å². The molecule has 0 bridgehead atoms. The fraction of sp³-hybridized carbons (Fsp3) is 0.385. The van der Waals surface area contributed by atoms with E-state index >= 15 is 0 Å². The standard InChI is InChI=1S/C13H15N3O/c14-8-2-4-10-5-3-9-15-12(10)13(17)16-11-6-1-7-11/h3,5,9,11H,1,6-8,14H2,(H,16,17). The second-order valence-corrected chi connectivity index (χ2v) is 4.01. The average Bonchev–Trinajstić information content (AvgIpc) is 2.31. The Bertz CT molecular complexity index is 469. The van der Waals surface area contributed by atoms with E-state index in [1.807, 2.05) is 0 Å². The summed E-state index contributed by atoms with van der Waals surface area (Å²) < 4.78 is 0. The van der Waals surface area contributed by atoms with Crippen molar-refractivity contribution in [1.29, 1.82) is 0 Å². The SMILES string of the molecule is NCC#Cc1cccnc1C(=O)NC1CCC1. The van der Waals surface area contributed by atoms with E-state index in [2.05, 4.69) is 22.1 Å². The Morgan fingerprint density at radius 1 is 1.59 bits per heavy atom. The van der Waals surface area contributed by atoms with Crippen LogP contribution in [0.1, 0.15) is 35.3 Å². The van der Waals surface area contributed by atoms with Crippen LogP contribution in [0.4, 0.5) is 0 Å². The fourth-order valence-corrected chi connectivity index (χ4v) is 1.64. The van der Waals surface area contributed by atoms with Gasteiger partial charge in [0.15, 0.2) is 0 Å². The summed E-state index contributed by atoms with van der Waals surface area (Å²) in [6, 6.07) is 3.85. The largest absolute Gasteiger partial charge is 0.348 e. The molecule has 2 rings (SSSR count). The summed E-state index contributed by atoms with van der Waals surface area (Å²) in [5, 5.41) is 2.95. The molecule has 0 spiro atoms. The summed E-state index contributed by atoms with van der Waals surface area (Å²) in [5.74, 6) is 5.46. The Balaban J connectivity index is 2.15. The zero-order valence-corrected chi connectivity index (χ0v) is 9.57. The Morgan fingerprint density at radius 2 is 2.41 bits per heavy atom. The van der Waals surface area contributed by atoms with Gasteiger partial charge in [-0.2, -0.15) is 0 Å². The van der Waals surface area contributed by atoms with Crippen molar-refractivity contribution in [3.05, 3.63) is 29.6 Å². The number of amides is 1. The first-order chi connectivity index (χ1) is 8.31. The van der Waals surface area contributed by atoms with Gasteiger partial charge in [-0.15, -0.1) is 0 Å². The molecule has 1 heterocycles. The van der Waals surface area contributed by atoms with Crippen molar-refractivity contribution in [2.75, 3.05) is 6.54 Å². The number of aromatic nitrogens is 1. The summed E-state index contributed by atoms with van der Waals surface area (Å²) in [7, 11) is 0. The van der Waals surface area contributed by atoms with E-state index < -0.39 is 0 Å². The third-order valence-electron chi connectivity index (χ3n) is 2.79. The number of carbonyl (C=O) groups is 1. The molecule has 4 nitrogen and oxygen atoms in total. The van der Waals surface area contributed by atoms with Gasteiger partial charge < -0.3 is 11.1 Å². The zero-order chi connectivity index (χ0) is 12.1. The maximum atomic E-state index is 12.0. The van der Waals surface area contributed by atoms with Crippen LogP contribution in [0.2, 0.25) is 0 Å². The van der Waals surface area contributed by atoms with E-state index in [1.165, 1.54) is 6.42 Å². The summed E-state index contributed by atoms with van der Waals surface area (Å²) in [5.41, 5.74) is 6.34. The predicted molar refractivity (Wildman–Crippen MR) is 65.3 cm³/mol. The molecule has 0 aliphatic heterocycles. The first-order valence-corrected chi connectivity index (χ1v) is 5.76. The van der Waals surface area contributed by atoms with Crippen LogP contribution >= 0.6 is 0 Å². The van der Waals surface area contributed by atoms with Gasteiger partial charge in [-0.25, -0.2) is 4.98 Å². The van der Waals surface area contributed by atoms with Crippen LogP contribution in [0.15, 0.2) is 18.3 Å². The predicted octanol–water partition coefficient (Wildman–Crippen LogP) is 0.674. The summed E-state index contributed by atoms with van der Waals surface area (Å²) in [4.78, 5) is 16.0. The molecule has 0 radical (unpaired) electrons. The average molecular weight is 229 g/mol. The quantitative estimate of drug-likeness (QED) is 0.733. The van der Waals surface area contributed by atoms with Crippen molar-refractivity contribution < 1.29 is 4.79 Å². The van der Waals surface area contributed by atoms with Crippen molar-refractivity contribution in [2.24, 2.45) is 5.73 Å². The smallest absolute Gasteiger partial charge is 0.271 e. The second-order valence-electron chi connectivity index (χ2n) is 4.01. The number of nitrogens with one attached hydrogen (secondary N) is 1. The lowest BCUT2D eigenvalue weighted by molar-refractivity contribution is 0.0911. The minimum absolute atomic E-state index is 0.142. The van der Waals surface area contributed by atoms with Crippen LogP contribution in [-0.4, -0.2) is 23.5 Å². The van der Waals surface area contributed by atoms with Gasteiger partial charge >= 0.3 is 0 Å². The van der Waals surface area contributed by atoms with Crippen molar-refractivity contribution in [3.8, 4) is 11.8 Å². The topological polar surface area (TPSA) is 68.0 Å². The monoisotopic (exact) mass is 229 g/mol. The van der Waals surface area contributed by atoms with Crippen LogP contribution in [-0.2, 0) is 0 Å². The summed E-state index contributed by atoms with van der Waals surface area (Å²) in [6.45, 7) is 0.276. The lowest BCUT2D eigenvalue weighted by Crippen LogP contribution is -2.40. The van der Waals surface area contributed by atoms with Gasteiger partial charge in [0, 0.05) is 12.2 Å². The third kappa shape index (κ3) is 2.83. The Kier molecular flexibility index (Phi) is 3.73. The van der Waals surface area contributed by atoms with Crippen molar-refractivity contribution >= 4 is 5.91 Å². The van der Waals surface area contributed by atoms with Crippen LogP contribution < -0.4 is 11.1 Å². The van der Waals surface area contributed by atoms with Gasteiger partial charge in [-0.1, -0.05) is 11.8 Å². The highest BCUT2D eigenvalue weighted by Crippen LogP contribution is 2.18. The van der Waals surface area contributed by atoms with Crippen molar-refractivity contribution in [2.45, 2.75) is 25.3 Å². The van der Waals surface area contributed by atoms with Gasteiger partial charge in [-0.05, 0) is 31.4 Å². The van der Waals surface area contributed by atoms with E-state index in [1.54, 1.807) is 18.3 Å². The van der Waals surface area contributed by atoms with Gasteiger partial charge in [0.2, 0.25) is 0 Å². The number of hydrogen-bond acceptors (Lipinski definition) is 3. The van der Waals surface area contributed by atoms with E-state index in [0.29, 0.717) is 17.3 Å². The molecule has 1 aliphatic carbocycles. The molecule has 88 valence electrons. The molecule has 1 aromatic rings. The Labute approximate surface area is 101 Å². The van der Waals surface area contributed by atoms with E-state index in [9.17, 15) is 4.79 Å². The molecule has 1 fully saturated rings. The van der Waals surface area contributed by atoms with Gasteiger partial charge in [0.05, 0.1) is 12.1 Å². The molecule has 0 aromatic carbocycles. The summed E-state index contributed by atoms with van der Waals surface area (Å²) in [6.07, 6.45) is 4.90. The lowest BCUT2D eigenvalue weighted by atomic mass is 9.93.